The maximum atomic E-state index is 12.8. The van der Waals surface area contributed by atoms with Gasteiger partial charge in [-0.05, 0) is 24.6 Å². The number of aryl methyl sites for hydroxylation is 1. The molecule has 6 nitrogen and oxygen atoms in total. The zero-order valence-electron chi connectivity index (χ0n) is 14.8. The minimum absolute atomic E-state index is 0.0324. The Kier molecular flexibility index (Phi) is 5.71. The lowest BCUT2D eigenvalue weighted by Crippen LogP contribution is -2.28. The van der Waals surface area contributed by atoms with Crippen LogP contribution < -0.4 is 10.6 Å². The first-order valence-electron chi connectivity index (χ1n) is 8.08. The molecule has 0 aliphatic carbocycles. The Morgan fingerprint density at radius 1 is 1.36 bits per heavy atom. The number of alkyl halides is 3. The van der Waals surface area contributed by atoms with Gasteiger partial charge in [0.05, 0.1) is 29.1 Å². The van der Waals surface area contributed by atoms with E-state index in [9.17, 15) is 23.2 Å². The standard InChI is InChI=1S/C17H14F3N5OS2/c1-3-25-15(26)14-13(8-22-25)24(2)23-16(28-14)27-9-10-4-5-12(17(18,19)20)6-11(10)7-21/h4-6,8H,3,9H2,1-2H3. The summed E-state index contributed by atoms with van der Waals surface area (Å²) >= 11 is 2.45. The summed E-state index contributed by atoms with van der Waals surface area (Å²) in [5.41, 5.74) is -0.0511. The van der Waals surface area contributed by atoms with Crippen molar-refractivity contribution in [1.29, 1.82) is 5.26 Å². The van der Waals surface area contributed by atoms with Gasteiger partial charge in [0.25, 0.3) is 5.56 Å². The minimum Gasteiger partial charge on any atom is -0.266 e. The number of fused-ring (bicyclic) bond motifs is 1. The first-order chi connectivity index (χ1) is 13.2. The van der Waals surface area contributed by atoms with Crippen LogP contribution in [0.25, 0.3) is 0 Å². The highest BCUT2D eigenvalue weighted by molar-refractivity contribution is 8.38. The topological polar surface area (TPSA) is 74.3 Å². The van der Waals surface area contributed by atoms with Crippen molar-refractivity contribution in [3.8, 4) is 6.07 Å². The molecule has 0 radical (unpaired) electrons. The molecule has 1 aliphatic heterocycles. The fraction of sp³-hybridized carbons (Fsp3) is 0.294. The number of halogens is 3. The van der Waals surface area contributed by atoms with E-state index in [1.54, 1.807) is 18.3 Å². The van der Waals surface area contributed by atoms with Gasteiger partial charge in [0, 0.05) is 19.3 Å². The van der Waals surface area contributed by atoms with Gasteiger partial charge in [0.2, 0.25) is 0 Å². The largest absolute Gasteiger partial charge is 0.416 e. The van der Waals surface area contributed by atoms with Gasteiger partial charge in [-0.15, -0.1) is 0 Å². The lowest BCUT2D eigenvalue weighted by molar-refractivity contribution is -0.137. The van der Waals surface area contributed by atoms with Crippen molar-refractivity contribution >= 4 is 33.6 Å². The molecule has 146 valence electrons. The number of benzene rings is 1. The van der Waals surface area contributed by atoms with Gasteiger partial charge in [-0.3, -0.25) is 9.80 Å². The highest BCUT2D eigenvalue weighted by atomic mass is 32.2. The molecule has 2 heterocycles. The van der Waals surface area contributed by atoms with Crippen LogP contribution in [0.5, 0.6) is 0 Å². The molecular formula is C17H14F3N5OS2. The Balaban J connectivity index is 1.81. The number of hydrogen-bond donors (Lipinski definition) is 0. The third kappa shape index (κ3) is 4.02. The van der Waals surface area contributed by atoms with Crippen LogP contribution in [0.2, 0.25) is 0 Å². The van der Waals surface area contributed by atoms with Crippen molar-refractivity contribution in [2.45, 2.75) is 30.3 Å². The molecule has 0 unspecified atom stereocenters. The predicted octanol–water partition coefficient (Wildman–Crippen LogP) is 3.90. The van der Waals surface area contributed by atoms with E-state index in [1.165, 1.54) is 34.3 Å². The Bertz CT molecular complexity index is 1040. The van der Waals surface area contributed by atoms with Crippen molar-refractivity contribution < 1.29 is 13.2 Å². The Morgan fingerprint density at radius 2 is 2.11 bits per heavy atom. The van der Waals surface area contributed by atoms with Crippen LogP contribution in [0.1, 0.15) is 23.6 Å². The molecule has 3 rings (SSSR count). The average molecular weight is 425 g/mol. The van der Waals surface area contributed by atoms with Gasteiger partial charge in [0.1, 0.15) is 4.90 Å². The smallest absolute Gasteiger partial charge is 0.266 e. The van der Waals surface area contributed by atoms with Crippen molar-refractivity contribution in [3.63, 3.8) is 0 Å². The number of anilines is 1. The molecule has 1 aromatic carbocycles. The first-order valence-corrected chi connectivity index (χ1v) is 9.88. The Morgan fingerprint density at radius 3 is 2.75 bits per heavy atom. The van der Waals surface area contributed by atoms with Crippen LogP contribution in [0.4, 0.5) is 18.9 Å². The van der Waals surface area contributed by atoms with Crippen LogP contribution in [0.3, 0.4) is 0 Å². The highest BCUT2D eigenvalue weighted by Gasteiger charge is 2.31. The summed E-state index contributed by atoms with van der Waals surface area (Å²) in [4.78, 5) is 13.0. The quantitative estimate of drug-likeness (QED) is 0.743. The summed E-state index contributed by atoms with van der Waals surface area (Å²) in [6.45, 7) is 2.25. The lowest BCUT2D eigenvalue weighted by atomic mass is 10.1. The first kappa shape index (κ1) is 20.3. The summed E-state index contributed by atoms with van der Waals surface area (Å²) in [7, 11) is 1.69. The summed E-state index contributed by atoms with van der Waals surface area (Å²) in [6, 6.07) is 4.92. The summed E-state index contributed by atoms with van der Waals surface area (Å²) < 4.78 is 40.4. The van der Waals surface area contributed by atoms with Gasteiger partial charge >= 0.3 is 6.18 Å². The molecule has 0 saturated carbocycles. The molecular weight excluding hydrogens is 411 g/mol. The maximum Gasteiger partial charge on any atom is 0.416 e. The number of aromatic nitrogens is 2. The fourth-order valence-electron chi connectivity index (χ4n) is 2.48. The number of rotatable bonds is 3. The Labute approximate surface area is 167 Å². The molecule has 0 spiro atoms. The van der Waals surface area contributed by atoms with Crippen LogP contribution in [-0.2, 0) is 18.5 Å². The van der Waals surface area contributed by atoms with E-state index < -0.39 is 11.7 Å². The fourth-order valence-corrected chi connectivity index (χ4v) is 4.67. The number of hydrogen-bond acceptors (Lipinski definition) is 7. The summed E-state index contributed by atoms with van der Waals surface area (Å²) in [5.74, 6) is 0.253. The molecule has 1 aromatic heterocycles. The molecule has 0 amide bonds. The zero-order valence-corrected chi connectivity index (χ0v) is 16.5. The van der Waals surface area contributed by atoms with Crippen molar-refractivity contribution in [2.75, 3.05) is 12.1 Å². The molecule has 0 N–H and O–H groups in total. The van der Waals surface area contributed by atoms with Crippen LogP contribution in [-0.4, -0.2) is 21.2 Å². The zero-order chi connectivity index (χ0) is 20.5. The van der Waals surface area contributed by atoms with Crippen LogP contribution in [0, 0.1) is 11.3 Å². The van der Waals surface area contributed by atoms with E-state index in [-0.39, 0.29) is 16.9 Å². The highest BCUT2D eigenvalue weighted by Crippen LogP contribution is 2.37. The molecule has 2 aromatic rings. The van der Waals surface area contributed by atoms with Crippen molar-refractivity contribution in [3.05, 3.63) is 51.4 Å². The molecule has 0 saturated heterocycles. The second-order valence-electron chi connectivity index (χ2n) is 5.74. The van der Waals surface area contributed by atoms with E-state index in [0.717, 1.165) is 12.1 Å². The minimum atomic E-state index is -4.50. The third-order valence-corrected chi connectivity index (χ3v) is 6.19. The van der Waals surface area contributed by atoms with Gasteiger partial charge in [0.15, 0.2) is 4.38 Å². The maximum absolute atomic E-state index is 12.8. The monoisotopic (exact) mass is 425 g/mol. The van der Waals surface area contributed by atoms with Crippen molar-refractivity contribution in [2.24, 2.45) is 5.10 Å². The van der Waals surface area contributed by atoms with Gasteiger partial charge in [-0.2, -0.15) is 28.6 Å². The second-order valence-corrected chi connectivity index (χ2v) is 7.96. The average Bonchev–Trinajstić information content (AvgIpc) is 2.66. The van der Waals surface area contributed by atoms with Gasteiger partial charge in [-0.1, -0.05) is 29.6 Å². The molecule has 1 aliphatic rings. The summed E-state index contributed by atoms with van der Waals surface area (Å²) in [6.07, 6.45) is -2.93. The Hall–Kier alpha value is -2.45. The molecule has 0 atom stereocenters. The van der Waals surface area contributed by atoms with E-state index in [2.05, 4.69) is 10.2 Å². The SMILES string of the molecule is CCn1ncc2c(c1=O)SC(SCc1ccc(C(F)(F)F)cc1C#N)=NN2C. The number of nitriles is 1. The molecule has 0 bridgehead atoms. The van der Waals surface area contributed by atoms with E-state index in [1.807, 2.05) is 13.0 Å². The van der Waals surface area contributed by atoms with E-state index >= 15 is 0 Å². The predicted molar refractivity (Wildman–Crippen MR) is 103 cm³/mol. The van der Waals surface area contributed by atoms with Gasteiger partial charge in [-0.25, -0.2) is 4.68 Å². The summed E-state index contributed by atoms with van der Waals surface area (Å²) in [5, 5.41) is 19.2. The van der Waals surface area contributed by atoms with E-state index in [0.29, 0.717) is 27.1 Å². The normalized spacial score (nSPS) is 13.7. The molecule has 11 heteroatoms. The molecule has 28 heavy (non-hydrogen) atoms. The van der Waals surface area contributed by atoms with Crippen LogP contribution in [0.15, 0.2) is 39.2 Å². The molecule has 0 fully saturated rings. The third-order valence-electron chi connectivity index (χ3n) is 3.96. The second kappa shape index (κ2) is 7.89. The number of nitrogens with zero attached hydrogens (tertiary/aromatic N) is 5. The van der Waals surface area contributed by atoms with Gasteiger partial charge < -0.3 is 0 Å². The van der Waals surface area contributed by atoms with E-state index in [4.69, 9.17) is 0 Å². The van der Waals surface area contributed by atoms with Crippen LogP contribution >= 0.6 is 23.5 Å². The number of hydrazone groups is 1. The van der Waals surface area contributed by atoms with Crippen molar-refractivity contribution in [1.82, 2.24) is 9.78 Å². The lowest BCUT2D eigenvalue weighted by Gasteiger charge is -2.23. The number of thioether (sulfide) groups is 2.